The van der Waals surface area contributed by atoms with Crippen molar-refractivity contribution in [2.45, 2.75) is 18.5 Å². The molecule has 1 atom stereocenters. The van der Waals surface area contributed by atoms with Crippen LogP contribution < -0.4 is 5.32 Å². The third-order valence-corrected chi connectivity index (χ3v) is 3.21. The minimum Gasteiger partial charge on any atom is -0.465 e. The van der Waals surface area contributed by atoms with Crippen LogP contribution in [0.3, 0.4) is 0 Å². The first-order valence-electron chi connectivity index (χ1n) is 5.87. The Morgan fingerprint density at radius 1 is 1.44 bits per heavy atom. The summed E-state index contributed by atoms with van der Waals surface area (Å²) >= 11 is 0. The minimum absolute atomic E-state index is 0.428. The van der Waals surface area contributed by atoms with Gasteiger partial charge in [-0.2, -0.15) is 0 Å². The molecule has 1 aliphatic heterocycles. The van der Waals surface area contributed by atoms with Crippen molar-refractivity contribution in [3.8, 4) is 0 Å². The largest absolute Gasteiger partial charge is 0.465 e. The summed E-state index contributed by atoms with van der Waals surface area (Å²) in [6.07, 6.45) is 0.0885. The summed E-state index contributed by atoms with van der Waals surface area (Å²) in [5.74, 6) is 0. The first-order chi connectivity index (χ1) is 8.63. The van der Waals surface area contributed by atoms with E-state index >= 15 is 0 Å². The molecule has 1 saturated heterocycles. The van der Waals surface area contributed by atoms with E-state index in [0.29, 0.717) is 25.8 Å². The van der Waals surface area contributed by atoms with E-state index in [0.717, 1.165) is 12.1 Å². The SMILES string of the molecule is O=CC1(NC(=O)O)CCN(Cc2ccccc2)C1. The van der Waals surface area contributed by atoms with E-state index in [1.54, 1.807) is 0 Å². The van der Waals surface area contributed by atoms with Gasteiger partial charge < -0.3 is 15.2 Å². The van der Waals surface area contributed by atoms with Crippen LogP contribution in [0.15, 0.2) is 30.3 Å². The van der Waals surface area contributed by atoms with E-state index in [-0.39, 0.29) is 0 Å². The Morgan fingerprint density at radius 2 is 2.17 bits per heavy atom. The van der Waals surface area contributed by atoms with Crippen molar-refractivity contribution in [2.24, 2.45) is 0 Å². The molecule has 96 valence electrons. The summed E-state index contributed by atoms with van der Waals surface area (Å²) in [4.78, 5) is 23.9. The highest BCUT2D eigenvalue weighted by Crippen LogP contribution is 2.21. The van der Waals surface area contributed by atoms with Crippen LogP contribution in [0.5, 0.6) is 0 Å². The molecule has 0 radical (unpaired) electrons. The van der Waals surface area contributed by atoms with Crippen molar-refractivity contribution in [3.63, 3.8) is 0 Å². The molecule has 0 spiro atoms. The van der Waals surface area contributed by atoms with Crippen molar-refractivity contribution < 1.29 is 14.7 Å². The molecule has 0 aromatic heterocycles. The number of carbonyl (C=O) groups excluding carboxylic acids is 1. The van der Waals surface area contributed by atoms with E-state index in [1.165, 1.54) is 0 Å². The molecule has 1 unspecified atom stereocenters. The van der Waals surface area contributed by atoms with E-state index in [4.69, 9.17) is 5.11 Å². The normalized spacial score (nSPS) is 23.8. The number of hydrogen-bond donors (Lipinski definition) is 2. The van der Waals surface area contributed by atoms with E-state index < -0.39 is 11.6 Å². The second-order valence-corrected chi connectivity index (χ2v) is 4.65. The molecule has 18 heavy (non-hydrogen) atoms. The fraction of sp³-hybridized carbons (Fsp3) is 0.385. The highest BCUT2D eigenvalue weighted by Gasteiger charge is 2.39. The number of nitrogens with zero attached hydrogens (tertiary/aromatic N) is 1. The van der Waals surface area contributed by atoms with Crippen molar-refractivity contribution >= 4 is 12.4 Å². The second kappa shape index (κ2) is 5.18. The molecular formula is C13H16N2O3. The molecule has 2 N–H and O–H groups in total. The predicted octanol–water partition coefficient (Wildman–Crippen LogP) is 1.10. The Balaban J connectivity index is 1.99. The second-order valence-electron chi connectivity index (χ2n) is 4.65. The Kier molecular flexibility index (Phi) is 3.62. The van der Waals surface area contributed by atoms with Crippen molar-refractivity contribution in [1.29, 1.82) is 0 Å². The number of nitrogens with one attached hydrogen (secondary N) is 1. The molecule has 1 aliphatic rings. The Morgan fingerprint density at radius 3 is 2.78 bits per heavy atom. The molecule has 1 amide bonds. The van der Waals surface area contributed by atoms with Crippen molar-refractivity contribution in [2.75, 3.05) is 13.1 Å². The summed E-state index contributed by atoms with van der Waals surface area (Å²) in [7, 11) is 0. The van der Waals surface area contributed by atoms with Gasteiger partial charge in [-0.05, 0) is 12.0 Å². The molecule has 0 bridgehead atoms. The maximum absolute atomic E-state index is 11.1. The van der Waals surface area contributed by atoms with Gasteiger partial charge in [0.1, 0.15) is 11.8 Å². The van der Waals surface area contributed by atoms with Gasteiger partial charge in [0.05, 0.1) is 0 Å². The minimum atomic E-state index is -1.15. The zero-order valence-corrected chi connectivity index (χ0v) is 10.0. The van der Waals surface area contributed by atoms with E-state index in [2.05, 4.69) is 10.2 Å². The summed E-state index contributed by atoms with van der Waals surface area (Å²) in [6.45, 7) is 1.88. The zero-order chi connectivity index (χ0) is 13.0. The molecule has 1 fully saturated rings. The van der Waals surface area contributed by atoms with Gasteiger partial charge in [-0.1, -0.05) is 30.3 Å². The number of likely N-dealkylation sites (tertiary alicyclic amines) is 1. The van der Waals surface area contributed by atoms with Crippen LogP contribution in [0.1, 0.15) is 12.0 Å². The highest BCUT2D eigenvalue weighted by atomic mass is 16.4. The maximum atomic E-state index is 11.1. The van der Waals surface area contributed by atoms with Crippen LogP contribution >= 0.6 is 0 Å². The Hall–Kier alpha value is -1.88. The Labute approximate surface area is 105 Å². The molecule has 1 aromatic rings. The number of aldehydes is 1. The van der Waals surface area contributed by atoms with Gasteiger partial charge in [-0.15, -0.1) is 0 Å². The van der Waals surface area contributed by atoms with E-state index in [9.17, 15) is 9.59 Å². The van der Waals surface area contributed by atoms with Gasteiger partial charge in [-0.3, -0.25) is 4.90 Å². The van der Waals surface area contributed by atoms with Gasteiger partial charge in [0.2, 0.25) is 0 Å². The average molecular weight is 248 g/mol. The summed E-state index contributed by atoms with van der Waals surface area (Å²) in [5.41, 5.74) is 0.218. The van der Waals surface area contributed by atoms with Crippen LogP contribution in [0.4, 0.5) is 4.79 Å². The number of carboxylic acid groups (broad SMARTS) is 1. The summed E-state index contributed by atoms with van der Waals surface area (Å²) in [5, 5.41) is 11.1. The number of amides is 1. The number of hydrogen-bond acceptors (Lipinski definition) is 3. The lowest BCUT2D eigenvalue weighted by Crippen LogP contribution is -2.51. The summed E-state index contributed by atoms with van der Waals surface area (Å²) in [6, 6.07) is 9.92. The predicted molar refractivity (Wildman–Crippen MR) is 66.3 cm³/mol. The van der Waals surface area contributed by atoms with E-state index in [1.807, 2.05) is 30.3 Å². The molecule has 5 heteroatoms. The zero-order valence-electron chi connectivity index (χ0n) is 10.0. The van der Waals surface area contributed by atoms with Gasteiger partial charge in [0.25, 0.3) is 0 Å². The topological polar surface area (TPSA) is 69.6 Å². The van der Waals surface area contributed by atoms with Gasteiger partial charge in [0.15, 0.2) is 0 Å². The lowest BCUT2D eigenvalue weighted by atomic mass is 10.0. The fourth-order valence-corrected chi connectivity index (χ4v) is 2.33. The molecule has 2 rings (SSSR count). The number of benzene rings is 1. The Bertz CT molecular complexity index is 435. The number of carbonyl (C=O) groups is 2. The quantitative estimate of drug-likeness (QED) is 0.783. The lowest BCUT2D eigenvalue weighted by Gasteiger charge is -2.23. The van der Waals surface area contributed by atoms with Gasteiger partial charge in [0, 0.05) is 19.6 Å². The molecule has 0 saturated carbocycles. The monoisotopic (exact) mass is 248 g/mol. The lowest BCUT2D eigenvalue weighted by molar-refractivity contribution is -0.112. The smallest absolute Gasteiger partial charge is 0.405 e. The standard InChI is InChI=1S/C13H16N2O3/c16-10-13(14-12(17)18)6-7-15(9-13)8-11-4-2-1-3-5-11/h1-5,10,14H,6-9H2,(H,17,18). The molecule has 0 aliphatic carbocycles. The number of rotatable bonds is 4. The maximum Gasteiger partial charge on any atom is 0.405 e. The first kappa shape index (κ1) is 12.6. The van der Waals surface area contributed by atoms with Crippen LogP contribution in [0.2, 0.25) is 0 Å². The van der Waals surface area contributed by atoms with Gasteiger partial charge in [-0.25, -0.2) is 4.79 Å². The van der Waals surface area contributed by atoms with Gasteiger partial charge >= 0.3 is 6.09 Å². The molecule has 5 nitrogen and oxygen atoms in total. The van der Waals surface area contributed by atoms with Crippen molar-refractivity contribution in [1.82, 2.24) is 10.2 Å². The molecule has 1 heterocycles. The van der Waals surface area contributed by atoms with Crippen LogP contribution in [-0.4, -0.2) is 41.0 Å². The third-order valence-electron chi connectivity index (χ3n) is 3.21. The molecule has 1 aromatic carbocycles. The first-order valence-corrected chi connectivity index (χ1v) is 5.87. The van der Waals surface area contributed by atoms with Crippen LogP contribution in [0.25, 0.3) is 0 Å². The fourth-order valence-electron chi connectivity index (χ4n) is 2.33. The summed E-state index contributed by atoms with van der Waals surface area (Å²) < 4.78 is 0. The van der Waals surface area contributed by atoms with Crippen LogP contribution in [-0.2, 0) is 11.3 Å². The highest BCUT2D eigenvalue weighted by molar-refractivity contribution is 5.75. The third kappa shape index (κ3) is 2.87. The average Bonchev–Trinajstić information content (AvgIpc) is 2.73. The van der Waals surface area contributed by atoms with Crippen LogP contribution in [0, 0.1) is 0 Å². The molecular weight excluding hydrogens is 232 g/mol. The van der Waals surface area contributed by atoms with Crippen molar-refractivity contribution in [3.05, 3.63) is 35.9 Å².